The van der Waals surface area contributed by atoms with E-state index in [1.807, 2.05) is 36.9 Å². The Balaban J connectivity index is 2.98. The highest BCUT2D eigenvalue weighted by Gasteiger charge is 2.11. The van der Waals surface area contributed by atoms with Crippen molar-refractivity contribution in [1.29, 1.82) is 0 Å². The van der Waals surface area contributed by atoms with Gasteiger partial charge in [0.05, 0.1) is 18.6 Å². The zero-order chi connectivity index (χ0) is 8.72. The van der Waals surface area contributed by atoms with Crippen LogP contribution in [-0.4, -0.2) is 9.77 Å². The standard InChI is InChI=1S/C9H11N2O/c1-7-3-6-11(12)9-8(7)4-5-10(9)2/h3-6,12H,1-2H3/q+1. The van der Waals surface area contributed by atoms with Gasteiger partial charge in [-0.2, -0.15) is 0 Å². The molecule has 0 aromatic carbocycles. The summed E-state index contributed by atoms with van der Waals surface area (Å²) in [5, 5.41) is 10.5. The summed E-state index contributed by atoms with van der Waals surface area (Å²) in [4.78, 5) is 0. The van der Waals surface area contributed by atoms with Gasteiger partial charge in [-0.3, -0.25) is 0 Å². The maximum atomic E-state index is 9.46. The molecule has 12 heavy (non-hydrogen) atoms. The highest BCUT2D eigenvalue weighted by atomic mass is 16.5. The van der Waals surface area contributed by atoms with E-state index in [9.17, 15) is 5.21 Å². The smallest absolute Gasteiger partial charge is 0.327 e. The molecule has 0 aliphatic rings. The molecule has 0 saturated heterocycles. The number of fused-ring (bicyclic) bond motifs is 1. The average Bonchev–Trinajstić information content (AvgIpc) is 2.42. The second kappa shape index (κ2) is 2.24. The van der Waals surface area contributed by atoms with Crippen LogP contribution in [0, 0.1) is 6.92 Å². The van der Waals surface area contributed by atoms with Gasteiger partial charge >= 0.3 is 5.65 Å². The highest BCUT2D eigenvalue weighted by Crippen LogP contribution is 2.13. The fourth-order valence-corrected chi connectivity index (χ4v) is 1.46. The zero-order valence-electron chi connectivity index (χ0n) is 7.15. The van der Waals surface area contributed by atoms with Gasteiger partial charge in [-0.1, -0.05) is 4.73 Å². The summed E-state index contributed by atoms with van der Waals surface area (Å²) in [6.07, 6.45) is 3.59. The predicted octanol–water partition coefficient (Wildman–Crippen LogP) is 1.01. The number of hydrogen-bond donors (Lipinski definition) is 1. The first-order valence-electron chi connectivity index (χ1n) is 3.85. The van der Waals surface area contributed by atoms with Gasteiger partial charge in [0, 0.05) is 0 Å². The van der Waals surface area contributed by atoms with Gasteiger partial charge in [0.15, 0.2) is 0 Å². The summed E-state index contributed by atoms with van der Waals surface area (Å²) in [6, 6.07) is 3.89. The van der Waals surface area contributed by atoms with Crippen LogP contribution >= 0.6 is 0 Å². The molecule has 2 aromatic rings. The molecule has 0 amide bonds. The third-order valence-corrected chi connectivity index (χ3v) is 2.15. The topological polar surface area (TPSA) is 29.0 Å². The van der Waals surface area contributed by atoms with Gasteiger partial charge in [-0.25, -0.2) is 4.57 Å². The van der Waals surface area contributed by atoms with E-state index in [4.69, 9.17) is 0 Å². The average molecular weight is 163 g/mol. The first-order chi connectivity index (χ1) is 5.70. The van der Waals surface area contributed by atoms with Crippen molar-refractivity contribution in [2.24, 2.45) is 7.05 Å². The number of aromatic nitrogens is 2. The summed E-state index contributed by atoms with van der Waals surface area (Å²) >= 11 is 0. The van der Waals surface area contributed by atoms with E-state index in [1.165, 1.54) is 5.56 Å². The van der Waals surface area contributed by atoms with Crippen LogP contribution in [0.1, 0.15) is 5.56 Å². The molecule has 3 nitrogen and oxygen atoms in total. The van der Waals surface area contributed by atoms with Gasteiger partial charge in [0.1, 0.15) is 6.20 Å². The van der Waals surface area contributed by atoms with Crippen LogP contribution in [0.4, 0.5) is 0 Å². The molecule has 62 valence electrons. The van der Waals surface area contributed by atoms with Crippen LogP contribution in [-0.2, 0) is 7.05 Å². The SMILES string of the molecule is Cc1cc[n+](O)c2c1ccn2C. The Morgan fingerprint density at radius 2 is 2.17 bits per heavy atom. The zero-order valence-corrected chi connectivity index (χ0v) is 7.15. The van der Waals surface area contributed by atoms with E-state index in [2.05, 4.69) is 0 Å². The van der Waals surface area contributed by atoms with Crippen molar-refractivity contribution in [1.82, 2.24) is 4.57 Å². The molecule has 0 unspecified atom stereocenters. The number of rotatable bonds is 0. The molecule has 0 radical (unpaired) electrons. The molecule has 0 spiro atoms. The first kappa shape index (κ1) is 7.16. The summed E-state index contributed by atoms with van der Waals surface area (Å²) < 4.78 is 3.03. The van der Waals surface area contributed by atoms with E-state index < -0.39 is 0 Å². The molecule has 3 heteroatoms. The van der Waals surface area contributed by atoms with E-state index in [1.54, 1.807) is 6.20 Å². The highest BCUT2D eigenvalue weighted by molar-refractivity contribution is 5.76. The van der Waals surface area contributed by atoms with Crippen molar-refractivity contribution in [3.63, 3.8) is 0 Å². The Morgan fingerprint density at radius 1 is 1.42 bits per heavy atom. The van der Waals surface area contributed by atoms with Crippen LogP contribution in [0.3, 0.4) is 0 Å². The van der Waals surface area contributed by atoms with Gasteiger partial charge in [-0.15, -0.1) is 0 Å². The van der Waals surface area contributed by atoms with Gasteiger partial charge < -0.3 is 5.21 Å². The van der Waals surface area contributed by atoms with Crippen LogP contribution in [0.25, 0.3) is 11.0 Å². The van der Waals surface area contributed by atoms with Gasteiger partial charge in [-0.05, 0) is 24.6 Å². The van der Waals surface area contributed by atoms with Crippen LogP contribution in [0.2, 0.25) is 0 Å². The summed E-state index contributed by atoms with van der Waals surface area (Å²) in [5.74, 6) is 0. The number of aryl methyl sites for hydroxylation is 2. The van der Waals surface area contributed by atoms with Crippen molar-refractivity contribution in [3.05, 3.63) is 30.1 Å². The third kappa shape index (κ3) is 0.794. The van der Waals surface area contributed by atoms with Crippen LogP contribution in [0.5, 0.6) is 0 Å². The Bertz CT molecular complexity index is 431. The van der Waals surface area contributed by atoms with Crippen molar-refractivity contribution in [3.8, 4) is 0 Å². The molecular weight excluding hydrogens is 152 g/mol. The van der Waals surface area contributed by atoms with E-state index in [0.717, 1.165) is 15.8 Å². The lowest BCUT2D eigenvalue weighted by Gasteiger charge is -1.95. The minimum absolute atomic E-state index is 0.829. The summed E-state index contributed by atoms with van der Waals surface area (Å²) in [6.45, 7) is 2.03. The van der Waals surface area contributed by atoms with Crippen molar-refractivity contribution in [2.45, 2.75) is 6.92 Å². The minimum atomic E-state index is 0.829. The fourth-order valence-electron chi connectivity index (χ4n) is 1.46. The molecule has 0 fully saturated rings. The second-order valence-electron chi connectivity index (χ2n) is 3.01. The van der Waals surface area contributed by atoms with Crippen LogP contribution < -0.4 is 4.73 Å². The second-order valence-corrected chi connectivity index (χ2v) is 3.01. The normalized spacial score (nSPS) is 10.8. The monoisotopic (exact) mass is 163 g/mol. The molecule has 0 atom stereocenters. The first-order valence-corrected chi connectivity index (χ1v) is 3.85. The lowest BCUT2D eigenvalue weighted by atomic mass is 10.2. The van der Waals surface area contributed by atoms with E-state index in [-0.39, 0.29) is 0 Å². The maximum Gasteiger partial charge on any atom is 0.327 e. The number of hydrogen-bond acceptors (Lipinski definition) is 1. The molecular formula is C9H11N2O+. The maximum absolute atomic E-state index is 9.46. The largest absolute Gasteiger partial charge is 0.350 e. The van der Waals surface area contributed by atoms with Gasteiger partial charge in [0.25, 0.3) is 0 Å². The Morgan fingerprint density at radius 3 is 2.83 bits per heavy atom. The summed E-state index contributed by atoms with van der Waals surface area (Å²) in [5.41, 5.74) is 2.01. The molecule has 1 N–H and O–H groups in total. The fraction of sp³-hybridized carbons (Fsp3) is 0.222. The minimum Gasteiger partial charge on any atom is -0.350 e. The Hall–Kier alpha value is -1.51. The van der Waals surface area contributed by atoms with Crippen molar-refractivity contribution in [2.75, 3.05) is 0 Å². The van der Waals surface area contributed by atoms with Crippen molar-refractivity contribution >= 4 is 11.0 Å². The lowest BCUT2D eigenvalue weighted by Crippen LogP contribution is -2.31. The number of pyridine rings is 1. The molecule has 2 heterocycles. The molecule has 0 aliphatic carbocycles. The summed E-state index contributed by atoms with van der Waals surface area (Å²) in [7, 11) is 1.91. The quantitative estimate of drug-likeness (QED) is 0.456. The molecule has 0 saturated carbocycles. The van der Waals surface area contributed by atoms with E-state index >= 15 is 0 Å². The molecule has 2 aromatic heterocycles. The Kier molecular flexibility index (Phi) is 1.33. The predicted molar refractivity (Wildman–Crippen MR) is 45.0 cm³/mol. The lowest BCUT2D eigenvalue weighted by molar-refractivity contribution is -0.886. The molecule has 2 rings (SSSR count). The van der Waals surface area contributed by atoms with Crippen molar-refractivity contribution < 1.29 is 9.94 Å². The molecule has 0 aliphatic heterocycles. The van der Waals surface area contributed by atoms with E-state index in [0.29, 0.717) is 0 Å². The van der Waals surface area contributed by atoms with Crippen LogP contribution in [0.15, 0.2) is 24.5 Å². The molecule has 0 bridgehead atoms. The van der Waals surface area contributed by atoms with Gasteiger partial charge in [0.2, 0.25) is 0 Å². The third-order valence-electron chi connectivity index (χ3n) is 2.15. The number of nitrogens with zero attached hydrogens (tertiary/aromatic N) is 2. The Labute approximate surface area is 70.4 Å².